The van der Waals surface area contributed by atoms with Crippen LogP contribution in [0.4, 0.5) is 5.69 Å². The standard InChI is InChI=1S/C16H24N2O/c17-14-10-12(7-8-16(14)19)11-18-9-3-6-15(18)13-4-1-2-5-13/h7-8,10,13,15,19H,1-6,9,11,17H2. The van der Waals surface area contributed by atoms with Crippen LogP contribution >= 0.6 is 0 Å². The predicted octanol–water partition coefficient (Wildman–Crippen LogP) is 3.13. The second-order valence-electron chi connectivity index (χ2n) is 6.12. The van der Waals surface area contributed by atoms with Gasteiger partial charge in [-0.2, -0.15) is 0 Å². The van der Waals surface area contributed by atoms with Crippen molar-refractivity contribution in [3.63, 3.8) is 0 Å². The molecule has 1 aromatic carbocycles. The highest BCUT2D eigenvalue weighted by Crippen LogP contribution is 2.36. The number of aromatic hydroxyl groups is 1. The first kappa shape index (κ1) is 12.8. The van der Waals surface area contributed by atoms with E-state index in [1.807, 2.05) is 12.1 Å². The summed E-state index contributed by atoms with van der Waals surface area (Å²) in [5, 5.41) is 9.49. The molecular weight excluding hydrogens is 236 g/mol. The molecule has 3 N–H and O–H groups in total. The molecule has 2 fully saturated rings. The van der Waals surface area contributed by atoms with Gasteiger partial charge in [0.2, 0.25) is 0 Å². The molecule has 19 heavy (non-hydrogen) atoms. The number of hydrogen-bond acceptors (Lipinski definition) is 3. The van der Waals surface area contributed by atoms with Gasteiger partial charge in [-0.3, -0.25) is 4.90 Å². The summed E-state index contributed by atoms with van der Waals surface area (Å²) in [6, 6.07) is 6.40. The van der Waals surface area contributed by atoms with Crippen LogP contribution < -0.4 is 5.73 Å². The van der Waals surface area contributed by atoms with Crippen molar-refractivity contribution in [2.24, 2.45) is 5.92 Å². The minimum absolute atomic E-state index is 0.192. The molecule has 2 aliphatic rings. The Morgan fingerprint density at radius 2 is 1.95 bits per heavy atom. The lowest BCUT2D eigenvalue weighted by Crippen LogP contribution is -2.34. The Hall–Kier alpha value is -1.22. The van der Waals surface area contributed by atoms with Gasteiger partial charge in [0.25, 0.3) is 0 Å². The van der Waals surface area contributed by atoms with Crippen molar-refractivity contribution >= 4 is 5.69 Å². The lowest BCUT2D eigenvalue weighted by atomic mass is 9.96. The lowest BCUT2D eigenvalue weighted by Gasteiger charge is -2.29. The first-order valence-corrected chi connectivity index (χ1v) is 7.55. The largest absolute Gasteiger partial charge is 0.506 e. The highest BCUT2D eigenvalue weighted by atomic mass is 16.3. The summed E-state index contributed by atoms with van der Waals surface area (Å²) in [7, 11) is 0. The fourth-order valence-electron chi connectivity index (χ4n) is 3.86. The molecule has 3 nitrogen and oxygen atoms in total. The van der Waals surface area contributed by atoms with Crippen LogP contribution in [0.1, 0.15) is 44.1 Å². The van der Waals surface area contributed by atoms with Crippen molar-refractivity contribution in [1.82, 2.24) is 4.90 Å². The average Bonchev–Trinajstić information content (AvgIpc) is 3.04. The Morgan fingerprint density at radius 1 is 1.16 bits per heavy atom. The predicted molar refractivity (Wildman–Crippen MR) is 77.9 cm³/mol. The van der Waals surface area contributed by atoms with Gasteiger partial charge in [0, 0.05) is 12.6 Å². The Balaban J connectivity index is 1.69. The third kappa shape index (κ3) is 2.71. The van der Waals surface area contributed by atoms with Gasteiger partial charge in [0.1, 0.15) is 5.75 Å². The third-order valence-electron chi connectivity index (χ3n) is 4.84. The minimum Gasteiger partial charge on any atom is -0.506 e. The molecule has 0 amide bonds. The molecule has 1 aliphatic carbocycles. The summed E-state index contributed by atoms with van der Waals surface area (Å²) in [5.41, 5.74) is 7.50. The molecule has 0 radical (unpaired) electrons. The van der Waals surface area contributed by atoms with Crippen LogP contribution in [0.5, 0.6) is 5.75 Å². The van der Waals surface area contributed by atoms with Crippen molar-refractivity contribution in [2.45, 2.75) is 51.1 Å². The molecule has 104 valence electrons. The summed E-state index contributed by atoms with van der Waals surface area (Å²) in [5.74, 6) is 1.11. The van der Waals surface area contributed by atoms with Crippen molar-refractivity contribution in [3.05, 3.63) is 23.8 Å². The zero-order valence-electron chi connectivity index (χ0n) is 11.5. The van der Waals surface area contributed by atoms with Crippen molar-refractivity contribution in [2.75, 3.05) is 12.3 Å². The molecule has 1 unspecified atom stereocenters. The Kier molecular flexibility index (Phi) is 3.65. The van der Waals surface area contributed by atoms with E-state index in [9.17, 15) is 5.11 Å². The summed E-state index contributed by atoms with van der Waals surface area (Å²) in [6.07, 6.45) is 8.35. The molecule has 1 saturated carbocycles. The van der Waals surface area contributed by atoms with Gasteiger partial charge in [0.15, 0.2) is 0 Å². The lowest BCUT2D eigenvalue weighted by molar-refractivity contribution is 0.183. The molecule has 0 spiro atoms. The van der Waals surface area contributed by atoms with Crippen molar-refractivity contribution < 1.29 is 5.11 Å². The normalized spacial score (nSPS) is 25.2. The summed E-state index contributed by atoms with van der Waals surface area (Å²) >= 11 is 0. The second kappa shape index (κ2) is 5.41. The number of nitrogen functional groups attached to an aromatic ring is 1. The average molecular weight is 260 g/mol. The Morgan fingerprint density at radius 3 is 2.68 bits per heavy atom. The molecule has 1 aromatic rings. The molecule has 0 bridgehead atoms. The van der Waals surface area contributed by atoms with E-state index in [0.717, 1.165) is 18.5 Å². The maximum Gasteiger partial charge on any atom is 0.138 e. The van der Waals surface area contributed by atoms with E-state index in [0.29, 0.717) is 5.69 Å². The Labute approximate surface area is 115 Å². The maximum absolute atomic E-state index is 9.49. The third-order valence-corrected chi connectivity index (χ3v) is 4.84. The topological polar surface area (TPSA) is 49.5 Å². The van der Waals surface area contributed by atoms with E-state index < -0.39 is 0 Å². The van der Waals surface area contributed by atoms with Crippen LogP contribution in [0.15, 0.2) is 18.2 Å². The number of rotatable bonds is 3. The first-order valence-electron chi connectivity index (χ1n) is 7.55. The van der Waals surface area contributed by atoms with Gasteiger partial charge in [-0.1, -0.05) is 18.9 Å². The fraction of sp³-hybridized carbons (Fsp3) is 0.625. The molecule has 3 heteroatoms. The number of benzene rings is 1. The molecule has 1 atom stereocenters. The quantitative estimate of drug-likeness (QED) is 0.648. The van der Waals surface area contributed by atoms with Gasteiger partial charge in [-0.15, -0.1) is 0 Å². The molecular formula is C16H24N2O. The maximum atomic E-state index is 9.49. The zero-order chi connectivity index (χ0) is 13.2. The van der Waals surface area contributed by atoms with E-state index in [1.165, 1.54) is 50.6 Å². The van der Waals surface area contributed by atoms with Gasteiger partial charge in [-0.05, 0) is 55.8 Å². The number of nitrogens with two attached hydrogens (primary N) is 1. The SMILES string of the molecule is Nc1cc(CN2CCCC2C2CCCC2)ccc1O. The number of phenols is 1. The van der Waals surface area contributed by atoms with Gasteiger partial charge >= 0.3 is 0 Å². The van der Waals surface area contributed by atoms with Crippen LogP contribution in [-0.2, 0) is 6.54 Å². The first-order chi connectivity index (χ1) is 9.24. The second-order valence-corrected chi connectivity index (χ2v) is 6.12. The van der Waals surface area contributed by atoms with E-state index >= 15 is 0 Å². The molecule has 1 aliphatic heterocycles. The number of anilines is 1. The van der Waals surface area contributed by atoms with Crippen molar-refractivity contribution in [1.29, 1.82) is 0 Å². The van der Waals surface area contributed by atoms with E-state index in [4.69, 9.17) is 5.73 Å². The van der Waals surface area contributed by atoms with Gasteiger partial charge in [0.05, 0.1) is 5.69 Å². The Bertz CT molecular complexity index is 440. The van der Waals surface area contributed by atoms with Crippen LogP contribution in [0.25, 0.3) is 0 Å². The van der Waals surface area contributed by atoms with Crippen LogP contribution in [0.3, 0.4) is 0 Å². The highest BCUT2D eigenvalue weighted by molar-refractivity contribution is 5.53. The van der Waals surface area contributed by atoms with E-state index in [2.05, 4.69) is 4.90 Å². The van der Waals surface area contributed by atoms with E-state index in [-0.39, 0.29) is 5.75 Å². The minimum atomic E-state index is 0.192. The smallest absolute Gasteiger partial charge is 0.138 e. The zero-order valence-corrected chi connectivity index (χ0v) is 11.5. The molecule has 3 rings (SSSR count). The van der Waals surface area contributed by atoms with Gasteiger partial charge in [-0.25, -0.2) is 0 Å². The van der Waals surface area contributed by atoms with E-state index in [1.54, 1.807) is 6.07 Å². The number of hydrogen-bond donors (Lipinski definition) is 2. The summed E-state index contributed by atoms with van der Waals surface area (Å²) in [6.45, 7) is 2.19. The van der Waals surface area contributed by atoms with Gasteiger partial charge < -0.3 is 10.8 Å². The van der Waals surface area contributed by atoms with Crippen LogP contribution in [0.2, 0.25) is 0 Å². The summed E-state index contributed by atoms with van der Waals surface area (Å²) < 4.78 is 0. The van der Waals surface area contributed by atoms with Crippen molar-refractivity contribution in [3.8, 4) is 5.75 Å². The number of phenolic OH excluding ortho intramolecular Hbond substituents is 1. The number of likely N-dealkylation sites (tertiary alicyclic amines) is 1. The summed E-state index contributed by atoms with van der Waals surface area (Å²) in [4.78, 5) is 2.63. The highest BCUT2D eigenvalue weighted by Gasteiger charge is 2.32. The molecule has 1 heterocycles. The fourth-order valence-corrected chi connectivity index (χ4v) is 3.86. The number of nitrogens with zero attached hydrogens (tertiary/aromatic N) is 1. The molecule has 0 aromatic heterocycles. The van der Waals surface area contributed by atoms with Crippen LogP contribution in [-0.4, -0.2) is 22.6 Å². The van der Waals surface area contributed by atoms with Crippen LogP contribution in [0, 0.1) is 5.92 Å². The molecule has 1 saturated heterocycles. The monoisotopic (exact) mass is 260 g/mol.